The number of nitrogens with one attached hydrogen (secondary N) is 1. The molecule has 1 aromatic carbocycles. The highest BCUT2D eigenvalue weighted by molar-refractivity contribution is 5.57. The summed E-state index contributed by atoms with van der Waals surface area (Å²) in [5.74, 6) is 1.45. The van der Waals surface area contributed by atoms with Crippen LogP contribution in [0.2, 0.25) is 0 Å². The number of methoxy groups -OCH3 is 1. The van der Waals surface area contributed by atoms with E-state index in [1.807, 2.05) is 36.4 Å². The molecule has 0 aliphatic rings. The largest absolute Gasteiger partial charge is 0.497 e. The van der Waals surface area contributed by atoms with E-state index < -0.39 is 0 Å². The van der Waals surface area contributed by atoms with Crippen LogP contribution in [0.25, 0.3) is 0 Å². The maximum atomic E-state index is 8.74. The number of rotatable bonds is 3. The molecule has 4 heteroatoms. The molecule has 0 saturated carbocycles. The molecular formula is C13H11N3O. The molecule has 0 spiro atoms. The lowest BCUT2D eigenvalue weighted by Crippen LogP contribution is -1.94. The topological polar surface area (TPSA) is 57.9 Å². The van der Waals surface area contributed by atoms with Crippen molar-refractivity contribution in [2.75, 3.05) is 12.4 Å². The van der Waals surface area contributed by atoms with Crippen molar-refractivity contribution in [3.05, 3.63) is 48.2 Å². The zero-order valence-corrected chi connectivity index (χ0v) is 9.34. The Kier molecular flexibility index (Phi) is 3.22. The van der Waals surface area contributed by atoms with Crippen molar-refractivity contribution < 1.29 is 4.74 Å². The van der Waals surface area contributed by atoms with Crippen molar-refractivity contribution in [3.63, 3.8) is 0 Å². The number of pyridine rings is 1. The highest BCUT2D eigenvalue weighted by atomic mass is 16.5. The first-order chi connectivity index (χ1) is 8.31. The third kappa shape index (κ3) is 2.73. The maximum Gasteiger partial charge on any atom is 0.142 e. The van der Waals surface area contributed by atoms with Crippen LogP contribution < -0.4 is 10.1 Å². The van der Waals surface area contributed by atoms with Crippen molar-refractivity contribution in [2.24, 2.45) is 0 Å². The second-order valence-corrected chi connectivity index (χ2v) is 3.37. The fraction of sp³-hybridized carbons (Fsp3) is 0.0769. The highest BCUT2D eigenvalue weighted by Crippen LogP contribution is 2.18. The second-order valence-electron chi connectivity index (χ2n) is 3.37. The Hall–Kier alpha value is -2.54. The molecule has 2 rings (SSSR count). The SMILES string of the molecule is COc1ccc(Nc2cccc(C#N)n2)cc1. The predicted molar refractivity (Wildman–Crippen MR) is 65.2 cm³/mol. The monoisotopic (exact) mass is 225 g/mol. The summed E-state index contributed by atoms with van der Waals surface area (Å²) in [4.78, 5) is 4.13. The Bertz CT molecular complexity index is 543. The van der Waals surface area contributed by atoms with Crippen LogP contribution in [0, 0.1) is 11.3 Å². The summed E-state index contributed by atoms with van der Waals surface area (Å²) in [5, 5.41) is 11.9. The lowest BCUT2D eigenvalue weighted by molar-refractivity contribution is 0.415. The van der Waals surface area contributed by atoms with Gasteiger partial charge in [0.05, 0.1) is 7.11 Å². The van der Waals surface area contributed by atoms with Gasteiger partial charge in [-0.2, -0.15) is 5.26 Å². The average molecular weight is 225 g/mol. The van der Waals surface area contributed by atoms with Crippen molar-refractivity contribution in [1.29, 1.82) is 5.26 Å². The van der Waals surface area contributed by atoms with Crippen molar-refractivity contribution in [2.45, 2.75) is 0 Å². The molecule has 0 amide bonds. The summed E-state index contributed by atoms with van der Waals surface area (Å²) < 4.78 is 5.07. The first-order valence-electron chi connectivity index (χ1n) is 5.10. The van der Waals surface area contributed by atoms with E-state index in [9.17, 15) is 0 Å². The number of benzene rings is 1. The predicted octanol–water partition coefficient (Wildman–Crippen LogP) is 2.71. The van der Waals surface area contributed by atoms with Crippen molar-refractivity contribution in [3.8, 4) is 11.8 Å². The molecule has 1 heterocycles. The van der Waals surface area contributed by atoms with Gasteiger partial charge in [0.2, 0.25) is 0 Å². The summed E-state index contributed by atoms with van der Waals surface area (Å²) in [6, 6.07) is 14.8. The number of ether oxygens (including phenoxy) is 1. The smallest absolute Gasteiger partial charge is 0.142 e. The van der Waals surface area contributed by atoms with Gasteiger partial charge >= 0.3 is 0 Å². The molecule has 17 heavy (non-hydrogen) atoms. The van der Waals surface area contributed by atoms with Crippen LogP contribution in [0.4, 0.5) is 11.5 Å². The quantitative estimate of drug-likeness (QED) is 0.872. The molecule has 0 unspecified atom stereocenters. The number of nitrogens with zero attached hydrogens (tertiary/aromatic N) is 2. The molecule has 84 valence electrons. The molecule has 4 nitrogen and oxygen atoms in total. The molecule has 1 N–H and O–H groups in total. The van der Waals surface area contributed by atoms with E-state index in [0.29, 0.717) is 11.5 Å². The van der Waals surface area contributed by atoms with Crippen LogP contribution >= 0.6 is 0 Å². The Morgan fingerprint density at radius 2 is 1.94 bits per heavy atom. The fourth-order valence-corrected chi connectivity index (χ4v) is 1.39. The molecule has 0 aliphatic heterocycles. The van der Waals surface area contributed by atoms with Crippen LogP contribution in [-0.2, 0) is 0 Å². The Morgan fingerprint density at radius 1 is 1.18 bits per heavy atom. The first kappa shape index (κ1) is 11.0. The van der Waals surface area contributed by atoms with Gasteiger partial charge in [-0.1, -0.05) is 6.07 Å². The van der Waals surface area contributed by atoms with Crippen LogP contribution in [0.3, 0.4) is 0 Å². The minimum atomic E-state index is 0.392. The summed E-state index contributed by atoms with van der Waals surface area (Å²) in [5.41, 5.74) is 1.29. The second kappa shape index (κ2) is 4.99. The van der Waals surface area contributed by atoms with Gasteiger partial charge in [0.25, 0.3) is 0 Å². The van der Waals surface area contributed by atoms with Crippen LogP contribution in [0.1, 0.15) is 5.69 Å². The lowest BCUT2D eigenvalue weighted by atomic mass is 10.3. The molecular weight excluding hydrogens is 214 g/mol. The molecule has 0 fully saturated rings. The summed E-state index contributed by atoms with van der Waals surface area (Å²) in [7, 11) is 1.63. The van der Waals surface area contributed by atoms with E-state index >= 15 is 0 Å². The Morgan fingerprint density at radius 3 is 2.59 bits per heavy atom. The zero-order valence-electron chi connectivity index (χ0n) is 9.34. The standard InChI is InChI=1S/C13H11N3O/c1-17-12-7-5-10(6-8-12)15-13-4-2-3-11(9-14)16-13/h2-8H,1H3,(H,15,16). The molecule has 1 aromatic heterocycles. The minimum absolute atomic E-state index is 0.392. The Labute approximate surface area is 99.5 Å². The number of anilines is 2. The highest BCUT2D eigenvalue weighted by Gasteiger charge is 1.98. The van der Waals surface area contributed by atoms with E-state index in [0.717, 1.165) is 11.4 Å². The van der Waals surface area contributed by atoms with Gasteiger partial charge in [-0.3, -0.25) is 0 Å². The van der Waals surface area contributed by atoms with Gasteiger partial charge < -0.3 is 10.1 Å². The number of aromatic nitrogens is 1. The normalized spacial score (nSPS) is 9.41. The van der Waals surface area contributed by atoms with Gasteiger partial charge in [-0.05, 0) is 36.4 Å². The van der Waals surface area contributed by atoms with E-state index in [4.69, 9.17) is 10.00 Å². The summed E-state index contributed by atoms with van der Waals surface area (Å²) in [6.07, 6.45) is 0. The number of hydrogen-bond acceptors (Lipinski definition) is 4. The van der Waals surface area contributed by atoms with E-state index in [1.165, 1.54) is 0 Å². The van der Waals surface area contributed by atoms with Gasteiger partial charge in [0.1, 0.15) is 23.3 Å². The van der Waals surface area contributed by atoms with Crippen LogP contribution in [0.15, 0.2) is 42.5 Å². The van der Waals surface area contributed by atoms with E-state index in [2.05, 4.69) is 10.3 Å². The van der Waals surface area contributed by atoms with Crippen LogP contribution in [-0.4, -0.2) is 12.1 Å². The maximum absolute atomic E-state index is 8.74. The lowest BCUT2D eigenvalue weighted by Gasteiger charge is -2.06. The molecule has 0 radical (unpaired) electrons. The average Bonchev–Trinajstić information content (AvgIpc) is 2.40. The summed E-state index contributed by atoms with van der Waals surface area (Å²) >= 11 is 0. The fourth-order valence-electron chi connectivity index (χ4n) is 1.39. The molecule has 0 bridgehead atoms. The van der Waals surface area contributed by atoms with Gasteiger partial charge in [-0.15, -0.1) is 0 Å². The van der Waals surface area contributed by atoms with E-state index in [1.54, 1.807) is 19.2 Å². The zero-order chi connectivity index (χ0) is 12.1. The minimum Gasteiger partial charge on any atom is -0.497 e. The van der Waals surface area contributed by atoms with Crippen molar-refractivity contribution >= 4 is 11.5 Å². The molecule has 0 saturated heterocycles. The Balaban J connectivity index is 2.16. The van der Waals surface area contributed by atoms with Gasteiger partial charge in [0, 0.05) is 5.69 Å². The summed E-state index contributed by atoms with van der Waals surface area (Å²) in [6.45, 7) is 0. The van der Waals surface area contributed by atoms with E-state index in [-0.39, 0.29) is 0 Å². The number of hydrogen-bond donors (Lipinski definition) is 1. The molecule has 2 aromatic rings. The first-order valence-corrected chi connectivity index (χ1v) is 5.10. The third-order valence-electron chi connectivity index (χ3n) is 2.23. The third-order valence-corrected chi connectivity index (χ3v) is 2.23. The van der Waals surface area contributed by atoms with Gasteiger partial charge in [-0.25, -0.2) is 4.98 Å². The van der Waals surface area contributed by atoms with Gasteiger partial charge in [0.15, 0.2) is 0 Å². The van der Waals surface area contributed by atoms with Crippen LogP contribution in [0.5, 0.6) is 5.75 Å². The van der Waals surface area contributed by atoms with Crippen molar-refractivity contribution in [1.82, 2.24) is 4.98 Å². The molecule has 0 atom stereocenters. The number of nitriles is 1. The molecule has 0 aliphatic carbocycles.